The van der Waals surface area contributed by atoms with Gasteiger partial charge in [-0.2, -0.15) is 0 Å². The van der Waals surface area contributed by atoms with E-state index in [1.807, 2.05) is 11.8 Å². The number of fused-ring (bicyclic) bond motifs is 1. The van der Waals surface area contributed by atoms with E-state index < -0.39 is 11.7 Å². The third-order valence-corrected chi connectivity index (χ3v) is 3.61. The van der Waals surface area contributed by atoms with Crippen LogP contribution in [0.4, 0.5) is 10.5 Å². The molecule has 0 saturated heterocycles. The second-order valence-corrected chi connectivity index (χ2v) is 5.24. The number of carbonyl (C=O) groups is 1. The third kappa shape index (κ3) is 4.56. The molecule has 1 aromatic heterocycles. The van der Waals surface area contributed by atoms with Crippen LogP contribution in [-0.2, 0) is 11.3 Å². The molecule has 130 valence electrons. The van der Waals surface area contributed by atoms with Crippen molar-refractivity contribution >= 4 is 22.7 Å². The van der Waals surface area contributed by atoms with Gasteiger partial charge in [0.15, 0.2) is 0 Å². The van der Waals surface area contributed by atoms with E-state index in [0.29, 0.717) is 24.4 Å². The molecular weight excluding hydrogens is 312 g/mol. The average molecular weight is 334 g/mol. The maximum absolute atomic E-state index is 11.8. The van der Waals surface area contributed by atoms with Crippen LogP contribution in [0.25, 0.3) is 11.0 Å². The number of amides is 1. The standard InChI is InChI=1S/C17H22N2O5/c1-3-19(7-8-20)11-12-9-16(21)24-15-10-13(5-6-14(12)15)18-17(22)23-4-2/h5-6,9-10,20H,3-4,7-8,11H2,1-2H3,(H,18,22). The van der Waals surface area contributed by atoms with Gasteiger partial charge in [0.05, 0.1) is 13.2 Å². The molecule has 0 fully saturated rings. The summed E-state index contributed by atoms with van der Waals surface area (Å²) in [6.07, 6.45) is -0.560. The Kier molecular flexibility index (Phi) is 6.34. The molecule has 0 bridgehead atoms. The number of nitrogens with one attached hydrogen (secondary N) is 1. The molecule has 0 aliphatic heterocycles. The number of likely N-dealkylation sites (N-methyl/N-ethyl adjacent to an activating group) is 1. The van der Waals surface area contributed by atoms with Crippen molar-refractivity contribution in [3.05, 3.63) is 40.2 Å². The second-order valence-electron chi connectivity index (χ2n) is 5.24. The van der Waals surface area contributed by atoms with Crippen LogP contribution in [0, 0.1) is 0 Å². The van der Waals surface area contributed by atoms with Crippen LogP contribution in [0.1, 0.15) is 19.4 Å². The zero-order valence-corrected chi connectivity index (χ0v) is 13.9. The minimum Gasteiger partial charge on any atom is -0.450 e. The van der Waals surface area contributed by atoms with Crippen LogP contribution in [0.2, 0.25) is 0 Å². The van der Waals surface area contributed by atoms with Gasteiger partial charge in [-0.3, -0.25) is 10.2 Å². The molecule has 0 unspecified atom stereocenters. The summed E-state index contributed by atoms with van der Waals surface area (Å²) in [5.74, 6) is 0. The van der Waals surface area contributed by atoms with Crippen molar-refractivity contribution in [2.24, 2.45) is 0 Å². The van der Waals surface area contributed by atoms with E-state index in [1.54, 1.807) is 25.1 Å². The molecule has 2 N–H and O–H groups in total. The first kappa shape index (κ1) is 18.0. The Morgan fingerprint density at radius 2 is 2.12 bits per heavy atom. The number of ether oxygens (including phenoxy) is 1. The Morgan fingerprint density at radius 3 is 2.79 bits per heavy atom. The SMILES string of the molecule is CCOC(=O)Nc1ccc2c(CN(CC)CCO)cc(=O)oc2c1. The number of nitrogens with zero attached hydrogens (tertiary/aromatic N) is 1. The highest BCUT2D eigenvalue weighted by Gasteiger charge is 2.11. The van der Waals surface area contributed by atoms with E-state index in [2.05, 4.69) is 5.32 Å². The Hall–Kier alpha value is -2.38. The zero-order chi connectivity index (χ0) is 17.5. The highest BCUT2D eigenvalue weighted by atomic mass is 16.5. The molecule has 2 rings (SSSR count). The van der Waals surface area contributed by atoms with Crippen molar-refractivity contribution in [1.29, 1.82) is 0 Å². The summed E-state index contributed by atoms with van der Waals surface area (Å²) in [6.45, 7) is 5.86. The van der Waals surface area contributed by atoms with Gasteiger partial charge in [0.1, 0.15) is 5.58 Å². The smallest absolute Gasteiger partial charge is 0.411 e. The highest BCUT2D eigenvalue weighted by Crippen LogP contribution is 2.22. The number of rotatable bonds is 7. The molecule has 2 aromatic rings. The summed E-state index contributed by atoms with van der Waals surface area (Å²) in [4.78, 5) is 25.3. The number of hydrogen-bond donors (Lipinski definition) is 2. The van der Waals surface area contributed by atoms with Gasteiger partial charge in [-0.25, -0.2) is 9.59 Å². The van der Waals surface area contributed by atoms with Crippen LogP contribution in [0.15, 0.2) is 33.5 Å². The molecule has 1 amide bonds. The molecule has 0 saturated carbocycles. The number of anilines is 1. The number of carbonyl (C=O) groups excluding carboxylic acids is 1. The molecule has 24 heavy (non-hydrogen) atoms. The Morgan fingerprint density at radius 1 is 1.33 bits per heavy atom. The highest BCUT2D eigenvalue weighted by molar-refractivity contribution is 5.89. The maximum Gasteiger partial charge on any atom is 0.411 e. The first-order valence-electron chi connectivity index (χ1n) is 7.91. The molecule has 0 atom stereocenters. The van der Waals surface area contributed by atoms with Crippen LogP contribution in [0.5, 0.6) is 0 Å². The molecule has 1 heterocycles. The lowest BCUT2D eigenvalue weighted by molar-refractivity contribution is 0.168. The van der Waals surface area contributed by atoms with Crippen molar-refractivity contribution in [1.82, 2.24) is 4.90 Å². The maximum atomic E-state index is 11.8. The lowest BCUT2D eigenvalue weighted by Gasteiger charge is -2.19. The van der Waals surface area contributed by atoms with Gasteiger partial charge in [-0.1, -0.05) is 6.92 Å². The lowest BCUT2D eigenvalue weighted by Crippen LogP contribution is -2.26. The van der Waals surface area contributed by atoms with Gasteiger partial charge < -0.3 is 14.3 Å². The monoisotopic (exact) mass is 334 g/mol. The zero-order valence-electron chi connectivity index (χ0n) is 13.9. The molecule has 0 radical (unpaired) electrons. The largest absolute Gasteiger partial charge is 0.450 e. The van der Waals surface area contributed by atoms with Crippen molar-refractivity contribution in [2.75, 3.05) is 31.6 Å². The molecule has 0 spiro atoms. The summed E-state index contributed by atoms with van der Waals surface area (Å²) >= 11 is 0. The van der Waals surface area contributed by atoms with E-state index in [4.69, 9.17) is 14.3 Å². The normalized spacial score (nSPS) is 11.0. The summed E-state index contributed by atoms with van der Waals surface area (Å²) in [5, 5.41) is 12.5. The fourth-order valence-corrected chi connectivity index (χ4v) is 2.45. The molecule has 0 aliphatic carbocycles. The van der Waals surface area contributed by atoms with E-state index in [1.165, 1.54) is 6.07 Å². The van der Waals surface area contributed by atoms with Crippen molar-refractivity contribution in [3.8, 4) is 0 Å². The Bertz CT molecular complexity index is 756. The number of aliphatic hydroxyl groups is 1. The van der Waals surface area contributed by atoms with Crippen LogP contribution in [-0.4, -0.2) is 42.4 Å². The molecule has 1 aromatic carbocycles. The first-order chi connectivity index (χ1) is 11.6. The van der Waals surface area contributed by atoms with Crippen LogP contribution in [0.3, 0.4) is 0 Å². The predicted molar refractivity (Wildman–Crippen MR) is 91.2 cm³/mol. The predicted octanol–water partition coefficient (Wildman–Crippen LogP) is 2.18. The molecule has 7 nitrogen and oxygen atoms in total. The van der Waals surface area contributed by atoms with Crippen LogP contribution >= 0.6 is 0 Å². The summed E-state index contributed by atoms with van der Waals surface area (Å²) in [5.41, 5.74) is 1.25. The average Bonchev–Trinajstić information content (AvgIpc) is 2.54. The first-order valence-corrected chi connectivity index (χ1v) is 7.91. The van der Waals surface area contributed by atoms with Crippen LogP contribution < -0.4 is 10.9 Å². The van der Waals surface area contributed by atoms with Gasteiger partial charge >= 0.3 is 11.7 Å². The van der Waals surface area contributed by atoms with Gasteiger partial charge in [-0.05, 0) is 31.2 Å². The number of hydrogen-bond acceptors (Lipinski definition) is 6. The minimum absolute atomic E-state index is 0.0564. The van der Waals surface area contributed by atoms with E-state index in [9.17, 15) is 9.59 Å². The summed E-state index contributed by atoms with van der Waals surface area (Å²) in [6, 6.07) is 6.58. The second kappa shape index (κ2) is 8.47. The van der Waals surface area contributed by atoms with E-state index in [-0.39, 0.29) is 13.2 Å². The fraction of sp³-hybridized carbons (Fsp3) is 0.412. The Balaban J connectivity index is 2.33. The lowest BCUT2D eigenvalue weighted by atomic mass is 10.1. The van der Waals surface area contributed by atoms with Gasteiger partial charge in [0.2, 0.25) is 0 Å². The van der Waals surface area contributed by atoms with Crippen molar-refractivity contribution in [2.45, 2.75) is 20.4 Å². The summed E-state index contributed by atoms with van der Waals surface area (Å²) in [7, 11) is 0. The number of benzene rings is 1. The molecular formula is C17H22N2O5. The van der Waals surface area contributed by atoms with Gasteiger partial charge in [-0.15, -0.1) is 0 Å². The van der Waals surface area contributed by atoms with E-state index >= 15 is 0 Å². The quantitative estimate of drug-likeness (QED) is 0.754. The number of aliphatic hydroxyl groups excluding tert-OH is 1. The topological polar surface area (TPSA) is 92.0 Å². The van der Waals surface area contributed by atoms with Gasteiger partial charge in [0, 0.05) is 36.3 Å². The van der Waals surface area contributed by atoms with Crippen molar-refractivity contribution < 1.29 is 19.1 Å². The fourth-order valence-electron chi connectivity index (χ4n) is 2.45. The van der Waals surface area contributed by atoms with E-state index in [0.717, 1.165) is 17.5 Å². The third-order valence-electron chi connectivity index (χ3n) is 3.61. The Labute approximate surface area is 139 Å². The van der Waals surface area contributed by atoms with Gasteiger partial charge in [0.25, 0.3) is 0 Å². The molecule has 0 aliphatic rings. The minimum atomic E-state index is -0.560. The molecule has 7 heteroatoms. The summed E-state index contributed by atoms with van der Waals surface area (Å²) < 4.78 is 10.1. The van der Waals surface area contributed by atoms with Crippen molar-refractivity contribution in [3.63, 3.8) is 0 Å².